The van der Waals surface area contributed by atoms with Gasteiger partial charge in [-0.3, -0.25) is 4.79 Å². The van der Waals surface area contributed by atoms with Gasteiger partial charge in [0, 0.05) is 32.7 Å². The number of fused-ring (bicyclic) bond motifs is 1. The van der Waals surface area contributed by atoms with E-state index < -0.39 is 0 Å². The number of anilines is 1. The normalized spacial score (nSPS) is 19.3. The minimum atomic E-state index is 0.0381. The molecular formula is C14H18ClN3O. The summed E-state index contributed by atoms with van der Waals surface area (Å²) in [4.78, 5) is 13.8. The molecule has 1 fully saturated rings. The maximum atomic E-state index is 11.4. The van der Waals surface area contributed by atoms with Crippen LogP contribution in [0.4, 0.5) is 5.69 Å². The molecule has 1 aromatic rings. The predicted octanol–water partition coefficient (Wildman–Crippen LogP) is 1.28. The standard InChI is InChI=1S/C14H18ClN3O/c15-12-8-10(1-4-18-5-2-16-3-6-18)7-11-9-13(19)17-14(11)12/h7-8,16H,1-6,9H2,(H,17,19). The van der Waals surface area contributed by atoms with Crippen molar-refractivity contribution in [2.75, 3.05) is 38.0 Å². The van der Waals surface area contributed by atoms with E-state index >= 15 is 0 Å². The highest BCUT2D eigenvalue weighted by atomic mass is 35.5. The number of nitrogens with one attached hydrogen (secondary N) is 2. The molecule has 1 aromatic carbocycles. The third kappa shape index (κ3) is 2.91. The van der Waals surface area contributed by atoms with E-state index in [-0.39, 0.29) is 5.91 Å². The second kappa shape index (κ2) is 5.49. The Labute approximate surface area is 118 Å². The molecule has 19 heavy (non-hydrogen) atoms. The zero-order valence-corrected chi connectivity index (χ0v) is 11.6. The van der Waals surface area contributed by atoms with E-state index in [1.165, 1.54) is 5.56 Å². The average Bonchev–Trinajstić information content (AvgIpc) is 2.79. The van der Waals surface area contributed by atoms with Gasteiger partial charge in [0.15, 0.2) is 0 Å². The molecule has 5 heteroatoms. The monoisotopic (exact) mass is 279 g/mol. The molecule has 0 radical (unpaired) electrons. The van der Waals surface area contributed by atoms with Crippen LogP contribution in [0.15, 0.2) is 12.1 Å². The molecule has 0 unspecified atom stereocenters. The van der Waals surface area contributed by atoms with E-state index in [4.69, 9.17) is 11.6 Å². The molecule has 1 saturated heterocycles. The molecule has 0 aromatic heterocycles. The summed E-state index contributed by atoms with van der Waals surface area (Å²) in [6.45, 7) is 5.42. The largest absolute Gasteiger partial charge is 0.324 e. The van der Waals surface area contributed by atoms with Gasteiger partial charge >= 0.3 is 0 Å². The van der Waals surface area contributed by atoms with E-state index in [1.807, 2.05) is 6.07 Å². The summed E-state index contributed by atoms with van der Waals surface area (Å²) in [7, 11) is 0. The molecule has 0 bridgehead atoms. The van der Waals surface area contributed by atoms with Crippen LogP contribution in [0.1, 0.15) is 11.1 Å². The molecule has 0 aliphatic carbocycles. The highest BCUT2D eigenvalue weighted by Gasteiger charge is 2.21. The fraction of sp³-hybridized carbons (Fsp3) is 0.500. The van der Waals surface area contributed by atoms with Gasteiger partial charge in [0.1, 0.15) is 0 Å². The lowest BCUT2D eigenvalue weighted by atomic mass is 10.1. The zero-order chi connectivity index (χ0) is 13.2. The average molecular weight is 280 g/mol. The number of carbonyl (C=O) groups excluding carboxylic acids is 1. The Hall–Kier alpha value is -1.10. The van der Waals surface area contributed by atoms with Crippen molar-refractivity contribution in [2.45, 2.75) is 12.8 Å². The van der Waals surface area contributed by atoms with Crippen molar-refractivity contribution in [3.8, 4) is 0 Å². The van der Waals surface area contributed by atoms with E-state index in [9.17, 15) is 4.79 Å². The first-order chi connectivity index (χ1) is 9.22. The molecule has 4 nitrogen and oxygen atoms in total. The lowest BCUT2D eigenvalue weighted by Crippen LogP contribution is -2.44. The van der Waals surface area contributed by atoms with Crippen LogP contribution in [0.3, 0.4) is 0 Å². The van der Waals surface area contributed by atoms with Gasteiger partial charge in [-0.2, -0.15) is 0 Å². The van der Waals surface area contributed by atoms with Crippen molar-refractivity contribution in [3.05, 3.63) is 28.3 Å². The molecule has 2 N–H and O–H groups in total. The fourth-order valence-electron chi connectivity index (χ4n) is 2.73. The summed E-state index contributed by atoms with van der Waals surface area (Å²) in [5.41, 5.74) is 3.06. The van der Waals surface area contributed by atoms with Gasteiger partial charge in [-0.25, -0.2) is 0 Å². The molecular weight excluding hydrogens is 262 g/mol. The number of rotatable bonds is 3. The van der Waals surface area contributed by atoms with E-state index in [1.54, 1.807) is 0 Å². The number of nitrogens with zero attached hydrogens (tertiary/aromatic N) is 1. The van der Waals surface area contributed by atoms with Crippen LogP contribution in [0, 0.1) is 0 Å². The first-order valence-electron chi connectivity index (χ1n) is 6.76. The number of hydrogen-bond donors (Lipinski definition) is 2. The Kier molecular flexibility index (Phi) is 3.73. The zero-order valence-electron chi connectivity index (χ0n) is 10.8. The third-order valence-electron chi connectivity index (χ3n) is 3.77. The number of halogens is 1. The van der Waals surface area contributed by atoms with Crippen molar-refractivity contribution in [1.82, 2.24) is 10.2 Å². The molecule has 1 amide bonds. The van der Waals surface area contributed by atoms with Gasteiger partial charge < -0.3 is 15.5 Å². The minimum Gasteiger partial charge on any atom is -0.324 e. The maximum absolute atomic E-state index is 11.4. The Morgan fingerprint density at radius 1 is 1.26 bits per heavy atom. The van der Waals surface area contributed by atoms with Gasteiger partial charge in [-0.1, -0.05) is 17.7 Å². The van der Waals surface area contributed by atoms with Gasteiger partial charge in [-0.05, 0) is 23.6 Å². The summed E-state index contributed by atoms with van der Waals surface area (Å²) in [6.07, 6.45) is 1.44. The SMILES string of the molecule is O=C1Cc2cc(CCN3CCNCC3)cc(Cl)c2N1. The second-order valence-electron chi connectivity index (χ2n) is 5.18. The van der Waals surface area contributed by atoms with E-state index in [0.29, 0.717) is 11.4 Å². The quantitative estimate of drug-likeness (QED) is 0.876. The highest BCUT2D eigenvalue weighted by molar-refractivity contribution is 6.34. The number of piperazine rings is 1. The molecule has 0 atom stereocenters. The van der Waals surface area contributed by atoms with Crippen molar-refractivity contribution in [2.24, 2.45) is 0 Å². The van der Waals surface area contributed by atoms with Crippen LogP contribution in [0.25, 0.3) is 0 Å². The topological polar surface area (TPSA) is 44.4 Å². The third-order valence-corrected chi connectivity index (χ3v) is 4.07. The minimum absolute atomic E-state index is 0.0381. The van der Waals surface area contributed by atoms with E-state index in [2.05, 4.69) is 21.6 Å². The van der Waals surface area contributed by atoms with Gasteiger partial charge in [0.05, 0.1) is 17.1 Å². The number of carbonyl (C=O) groups is 1. The Balaban J connectivity index is 1.67. The molecule has 2 aliphatic rings. The van der Waals surface area contributed by atoms with Crippen LogP contribution in [-0.2, 0) is 17.6 Å². The highest BCUT2D eigenvalue weighted by Crippen LogP contribution is 2.32. The predicted molar refractivity (Wildman–Crippen MR) is 76.8 cm³/mol. The molecule has 2 heterocycles. The van der Waals surface area contributed by atoms with Gasteiger partial charge in [-0.15, -0.1) is 0 Å². The van der Waals surface area contributed by atoms with Crippen molar-refractivity contribution >= 4 is 23.2 Å². The van der Waals surface area contributed by atoms with Crippen molar-refractivity contribution < 1.29 is 4.79 Å². The molecule has 0 saturated carbocycles. The van der Waals surface area contributed by atoms with Gasteiger partial charge in [0.25, 0.3) is 0 Å². The molecule has 3 rings (SSSR count). The van der Waals surface area contributed by atoms with Gasteiger partial charge in [0.2, 0.25) is 5.91 Å². The Morgan fingerprint density at radius 2 is 2.05 bits per heavy atom. The van der Waals surface area contributed by atoms with Crippen molar-refractivity contribution in [1.29, 1.82) is 0 Å². The summed E-state index contributed by atoms with van der Waals surface area (Å²) >= 11 is 6.22. The van der Waals surface area contributed by atoms with Crippen LogP contribution >= 0.6 is 11.6 Å². The summed E-state index contributed by atoms with van der Waals surface area (Å²) in [5, 5.41) is 6.83. The smallest absolute Gasteiger partial charge is 0.228 e. The molecule has 0 spiro atoms. The Morgan fingerprint density at radius 3 is 2.84 bits per heavy atom. The first-order valence-corrected chi connectivity index (χ1v) is 7.14. The first kappa shape index (κ1) is 12.9. The fourth-order valence-corrected chi connectivity index (χ4v) is 3.04. The summed E-state index contributed by atoms with van der Waals surface area (Å²) < 4.78 is 0. The lowest BCUT2D eigenvalue weighted by molar-refractivity contribution is -0.115. The maximum Gasteiger partial charge on any atom is 0.228 e. The number of amides is 1. The molecule has 2 aliphatic heterocycles. The Bertz CT molecular complexity index is 498. The number of benzene rings is 1. The number of hydrogen-bond acceptors (Lipinski definition) is 3. The lowest BCUT2D eigenvalue weighted by Gasteiger charge is -2.27. The molecule has 102 valence electrons. The second-order valence-corrected chi connectivity index (χ2v) is 5.59. The van der Waals surface area contributed by atoms with Crippen LogP contribution < -0.4 is 10.6 Å². The van der Waals surface area contributed by atoms with Crippen LogP contribution in [0.5, 0.6) is 0 Å². The van der Waals surface area contributed by atoms with Crippen molar-refractivity contribution in [3.63, 3.8) is 0 Å². The van der Waals surface area contributed by atoms with Crippen LogP contribution in [0.2, 0.25) is 5.02 Å². The van der Waals surface area contributed by atoms with Crippen LogP contribution in [-0.4, -0.2) is 43.5 Å². The summed E-state index contributed by atoms with van der Waals surface area (Å²) in [6, 6.07) is 4.09. The summed E-state index contributed by atoms with van der Waals surface area (Å²) in [5.74, 6) is 0.0381. The van der Waals surface area contributed by atoms with E-state index in [0.717, 1.165) is 50.4 Å².